The van der Waals surface area contributed by atoms with Crippen molar-refractivity contribution in [2.75, 3.05) is 11.6 Å². The summed E-state index contributed by atoms with van der Waals surface area (Å²) in [6, 6.07) is 9.48. The van der Waals surface area contributed by atoms with Gasteiger partial charge >= 0.3 is 0 Å². The second kappa shape index (κ2) is 6.92. The molecule has 0 atom stereocenters. The van der Waals surface area contributed by atoms with E-state index in [9.17, 15) is 0 Å². The predicted octanol–water partition coefficient (Wildman–Crippen LogP) is 5.27. The Morgan fingerprint density at radius 1 is 1.39 bits per heavy atom. The van der Waals surface area contributed by atoms with E-state index in [0.29, 0.717) is 5.02 Å². The van der Waals surface area contributed by atoms with Crippen LogP contribution in [0, 0.1) is 5.41 Å². The lowest BCUT2D eigenvalue weighted by Crippen LogP contribution is -2.08. The smallest absolute Gasteiger partial charge is 0.187 e. The number of benzene rings is 1. The molecule has 0 amide bonds. The van der Waals surface area contributed by atoms with E-state index in [1.54, 1.807) is 11.8 Å². The van der Waals surface area contributed by atoms with Gasteiger partial charge in [-0.1, -0.05) is 23.7 Å². The maximum atomic E-state index is 7.59. The number of hydrogen-bond acceptors (Lipinski definition) is 6. The Kier molecular flexibility index (Phi) is 4.91. The first-order valence-electron chi connectivity index (χ1n) is 6.58. The van der Waals surface area contributed by atoms with Gasteiger partial charge in [0, 0.05) is 10.9 Å². The Morgan fingerprint density at radius 2 is 2.17 bits per heavy atom. The molecule has 3 rings (SSSR count). The van der Waals surface area contributed by atoms with Gasteiger partial charge in [0.25, 0.3) is 0 Å². The van der Waals surface area contributed by atoms with Gasteiger partial charge in [0.2, 0.25) is 0 Å². The van der Waals surface area contributed by atoms with Crippen LogP contribution in [0.2, 0.25) is 5.02 Å². The number of nitrogens with two attached hydrogens (primary N) is 1. The molecule has 4 N–H and O–H groups in total. The molecule has 23 heavy (non-hydrogen) atoms. The number of aromatic nitrogens is 1. The molecule has 118 valence electrons. The molecule has 2 aromatic heterocycles. The number of nitrogens with zero attached hydrogens (tertiary/aromatic N) is 1. The molecule has 1 aromatic carbocycles. The van der Waals surface area contributed by atoms with Gasteiger partial charge in [-0.25, -0.2) is 4.98 Å². The fourth-order valence-corrected chi connectivity index (χ4v) is 4.62. The number of para-hydroxylation sites is 1. The van der Waals surface area contributed by atoms with E-state index < -0.39 is 0 Å². The highest BCUT2D eigenvalue weighted by atomic mass is 35.5. The average Bonchev–Trinajstić information content (AvgIpc) is 3.15. The zero-order chi connectivity index (χ0) is 16.4. The molecule has 0 saturated carbocycles. The molecule has 0 aliphatic heterocycles. The topological polar surface area (TPSA) is 74.8 Å². The van der Waals surface area contributed by atoms with Gasteiger partial charge in [-0.3, -0.25) is 5.41 Å². The quantitative estimate of drug-likeness (QED) is 0.320. The number of amidine groups is 1. The summed E-state index contributed by atoms with van der Waals surface area (Å²) in [7, 11) is 0. The number of anilines is 2. The Bertz CT molecular complexity index is 856. The molecule has 0 bridgehead atoms. The van der Waals surface area contributed by atoms with Crippen LogP contribution in [-0.2, 0) is 0 Å². The molecule has 0 radical (unpaired) electrons. The Hall–Kier alpha value is -1.54. The highest BCUT2D eigenvalue weighted by Gasteiger charge is 2.15. The maximum absolute atomic E-state index is 7.59. The normalized spacial score (nSPS) is 10.7. The summed E-state index contributed by atoms with van der Waals surface area (Å²) in [5, 5.41) is 14.2. The van der Waals surface area contributed by atoms with E-state index in [0.717, 1.165) is 31.2 Å². The predicted molar refractivity (Wildman–Crippen MR) is 103 cm³/mol. The molecular weight excluding hydrogens is 368 g/mol. The first-order valence-corrected chi connectivity index (χ1v) is 9.88. The second-order valence-corrected chi connectivity index (χ2v) is 7.96. The van der Waals surface area contributed by atoms with Crippen molar-refractivity contribution in [2.24, 2.45) is 5.73 Å². The fraction of sp³-hybridized carbons (Fsp3) is 0.0667. The van der Waals surface area contributed by atoms with Crippen LogP contribution in [0.1, 0.15) is 4.88 Å². The van der Waals surface area contributed by atoms with Gasteiger partial charge in [0.05, 0.1) is 25.5 Å². The molecule has 8 heteroatoms. The molecule has 0 unspecified atom stereocenters. The van der Waals surface area contributed by atoms with Gasteiger partial charge < -0.3 is 11.1 Å². The van der Waals surface area contributed by atoms with Crippen molar-refractivity contribution in [1.82, 2.24) is 4.98 Å². The van der Waals surface area contributed by atoms with Gasteiger partial charge in [0.1, 0.15) is 5.84 Å². The van der Waals surface area contributed by atoms with Crippen molar-refractivity contribution < 1.29 is 0 Å². The van der Waals surface area contributed by atoms with Crippen LogP contribution in [0.3, 0.4) is 0 Å². The number of thioether (sulfide) groups is 1. The van der Waals surface area contributed by atoms with Crippen LogP contribution in [0.5, 0.6) is 0 Å². The van der Waals surface area contributed by atoms with Crippen molar-refractivity contribution in [3.63, 3.8) is 0 Å². The number of halogens is 1. The van der Waals surface area contributed by atoms with Crippen LogP contribution < -0.4 is 11.1 Å². The van der Waals surface area contributed by atoms with E-state index in [4.69, 9.17) is 22.7 Å². The third-order valence-electron chi connectivity index (χ3n) is 3.04. The molecule has 0 aliphatic rings. The fourth-order valence-electron chi connectivity index (χ4n) is 1.97. The standard InChI is InChI=1S/C15H13ClN4S3/c1-21-14-8(6-12(23-14)13(17)18)11-7-22-15(20-11)19-10-5-3-2-4-9(10)16/h2-7H,1H3,(H3,17,18)(H,19,20). The molecule has 0 fully saturated rings. The zero-order valence-electron chi connectivity index (χ0n) is 12.1. The van der Waals surface area contributed by atoms with Crippen LogP contribution >= 0.6 is 46.0 Å². The monoisotopic (exact) mass is 380 g/mol. The molecule has 0 aliphatic carbocycles. The van der Waals surface area contributed by atoms with E-state index in [1.165, 1.54) is 22.7 Å². The largest absolute Gasteiger partial charge is 0.383 e. The van der Waals surface area contributed by atoms with Gasteiger partial charge in [-0.2, -0.15) is 0 Å². The highest BCUT2D eigenvalue weighted by Crippen LogP contribution is 2.39. The molecule has 0 saturated heterocycles. The lowest BCUT2D eigenvalue weighted by atomic mass is 10.2. The third-order valence-corrected chi connectivity index (χ3v) is 6.44. The van der Waals surface area contributed by atoms with Crippen LogP contribution in [0.25, 0.3) is 11.3 Å². The third kappa shape index (κ3) is 3.53. The summed E-state index contributed by atoms with van der Waals surface area (Å²) in [5.41, 5.74) is 8.30. The summed E-state index contributed by atoms with van der Waals surface area (Å²) in [4.78, 5) is 5.39. The highest BCUT2D eigenvalue weighted by molar-refractivity contribution is 8.00. The number of thiophene rings is 1. The van der Waals surface area contributed by atoms with E-state index in [1.807, 2.05) is 42.0 Å². The van der Waals surface area contributed by atoms with Crippen LogP contribution in [-0.4, -0.2) is 17.1 Å². The van der Waals surface area contributed by atoms with Crippen molar-refractivity contribution in [1.29, 1.82) is 5.41 Å². The van der Waals surface area contributed by atoms with Crippen LogP contribution in [0.4, 0.5) is 10.8 Å². The zero-order valence-corrected chi connectivity index (χ0v) is 15.3. The first-order chi connectivity index (χ1) is 11.1. The summed E-state index contributed by atoms with van der Waals surface area (Å²) in [6.07, 6.45) is 2.01. The SMILES string of the molecule is CSc1sc(C(=N)N)cc1-c1csc(Nc2ccccc2Cl)n1. The number of rotatable bonds is 5. The minimum atomic E-state index is 0.0844. The Balaban J connectivity index is 1.90. The number of nitrogens with one attached hydrogen (secondary N) is 2. The summed E-state index contributed by atoms with van der Waals surface area (Å²) in [6.45, 7) is 0. The first kappa shape index (κ1) is 16.3. The molecule has 2 heterocycles. The molecule has 4 nitrogen and oxygen atoms in total. The van der Waals surface area contributed by atoms with Gasteiger partial charge in [0.15, 0.2) is 5.13 Å². The summed E-state index contributed by atoms with van der Waals surface area (Å²) >= 11 is 10.8. The molecule has 0 spiro atoms. The second-order valence-electron chi connectivity index (χ2n) is 4.57. The minimum absolute atomic E-state index is 0.0844. The van der Waals surface area contributed by atoms with Crippen molar-refractivity contribution >= 4 is 62.7 Å². The lowest BCUT2D eigenvalue weighted by Gasteiger charge is -2.04. The maximum Gasteiger partial charge on any atom is 0.187 e. The Morgan fingerprint density at radius 3 is 2.87 bits per heavy atom. The number of nitrogen functional groups attached to an aromatic ring is 1. The van der Waals surface area contributed by atoms with Crippen molar-refractivity contribution in [3.8, 4) is 11.3 Å². The lowest BCUT2D eigenvalue weighted by molar-refractivity contribution is 1.37. The summed E-state index contributed by atoms with van der Waals surface area (Å²) < 4.78 is 1.10. The molecular formula is C15H13ClN4S3. The van der Waals surface area contributed by atoms with E-state index in [2.05, 4.69) is 10.3 Å². The van der Waals surface area contributed by atoms with Gasteiger partial charge in [-0.05, 0) is 24.5 Å². The van der Waals surface area contributed by atoms with E-state index in [-0.39, 0.29) is 5.84 Å². The number of hydrogen-bond donors (Lipinski definition) is 3. The minimum Gasteiger partial charge on any atom is -0.383 e. The average molecular weight is 381 g/mol. The molecule has 3 aromatic rings. The van der Waals surface area contributed by atoms with E-state index >= 15 is 0 Å². The van der Waals surface area contributed by atoms with Gasteiger partial charge in [-0.15, -0.1) is 34.4 Å². The summed E-state index contributed by atoms with van der Waals surface area (Å²) in [5.74, 6) is 0.0844. The Labute approximate surface area is 151 Å². The van der Waals surface area contributed by atoms with Crippen molar-refractivity contribution in [2.45, 2.75) is 4.21 Å². The number of thiazole rings is 1. The van der Waals surface area contributed by atoms with Crippen molar-refractivity contribution in [3.05, 3.63) is 45.6 Å². The van der Waals surface area contributed by atoms with Crippen LogP contribution in [0.15, 0.2) is 39.9 Å².